The minimum Gasteiger partial charge on any atom is -0.484 e. The maximum absolute atomic E-state index is 12.0. The fourth-order valence-corrected chi connectivity index (χ4v) is 2.48. The molecule has 1 amide bonds. The molecule has 1 aliphatic heterocycles. The van der Waals surface area contributed by atoms with Gasteiger partial charge in [0.25, 0.3) is 5.91 Å². The number of hydrogen-bond acceptors (Lipinski definition) is 3. The molecule has 104 valence electrons. The molecule has 0 bridgehead atoms. The molecule has 0 saturated carbocycles. The fraction of sp³-hybridized carbons (Fsp3) is 0.500. The standard InChI is InChI=1S/C14H19BrN2O2/c1-2-16-6-8-17(9-7-16)14(18)11-19-13-5-3-4-12(15)10-13/h3-5,10H,2,6-9,11H2,1H3. The van der Waals surface area contributed by atoms with Crippen LogP contribution in [0.25, 0.3) is 0 Å². The van der Waals surface area contributed by atoms with Crippen LogP contribution < -0.4 is 4.74 Å². The third-order valence-corrected chi connectivity index (χ3v) is 3.82. The summed E-state index contributed by atoms with van der Waals surface area (Å²) in [4.78, 5) is 16.2. The van der Waals surface area contributed by atoms with Gasteiger partial charge in [-0.05, 0) is 24.7 Å². The van der Waals surface area contributed by atoms with Crippen molar-refractivity contribution in [3.63, 3.8) is 0 Å². The Bertz CT molecular complexity index is 431. The first-order valence-electron chi connectivity index (χ1n) is 6.57. The molecule has 0 N–H and O–H groups in total. The summed E-state index contributed by atoms with van der Waals surface area (Å²) < 4.78 is 6.47. The van der Waals surface area contributed by atoms with Crippen LogP contribution in [0.15, 0.2) is 28.7 Å². The maximum atomic E-state index is 12.0. The molecular formula is C14H19BrN2O2. The lowest BCUT2D eigenvalue weighted by Gasteiger charge is -2.33. The summed E-state index contributed by atoms with van der Waals surface area (Å²) in [6.07, 6.45) is 0. The van der Waals surface area contributed by atoms with Crippen LogP contribution >= 0.6 is 15.9 Å². The van der Waals surface area contributed by atoms with E-state index in [1.54, 1.807) is 0 Å². The molecule has 0 aromatic heterocycles. The second-order valence-electron chi connectivity index (χ2n) is 4.56. The van der Waals surface area contributed by atoms with Gasteiger partial charge in [-0.2, -0.15) is 0 Å². The first-order chi connectivity index (χ1) is 9.19. The summed E-state index contributed by atoms with van der Waals surface area (Å²) in [6, 6.07) is 7.54. The molecule has 0 radical (unpaired) electrons. The van der Waals surface area contributed by atoms with Crippen LogP contribution in [0.5, 0.6) is 5.75 Å². The molecule has 5 heteroatoms. The van der Waals surface area contributed by atoms with Crippen LogP contribution in [0, 0.1) is 0 Å². The number of rotatable bonds is 4. The van der Waals surface area contributed by atoms with E-state index in [4.69, 9.17) is 4.74 Å². The molecule has 1 saturated heterocycles. The van der Waals surface area contributed by atoms with E-state index in [9.17, 15) is 4.79 Å². The van der Waals surface area contributed by atoms with Crippen molar-refractivity contribution in [2.75, 3.05) is 39.3 Å². The number of likely N-dealkylation sites (N-methyl/N-ethyl adjacent to an activating group) is 1. The van der Waals surface area contributed by atoms with Crippen molar-refractivity contribution in [3.8, 4) is 5.75 Å². The van der Waals surface area contributed by atoms with Crippen molar-refractivity contribution in [1.82, 2.24) is 9.80 Å². The highest BCUT2D eigenvalue weighted by Gasteiger charge is 2.20. The zero-order valence-electron chi connectivity index (χ0n) is 11.1. The summed E-state index contributed by atoms with van der Waals surface area (Å²) >= 11 is 3.38. The van der Waals surface area contributed by atoms with Gasteiger partial charge in [0.05, 0.1) is 0 Å². The lowest BCUT2D eigenvalue weighted by atomic mass is 10.3. The number of nitrogens with zero attached hydrogens (tertiary/aromatic N) is 2. The Kier molecular flexibility index (Phi) is 5.22. The van der Waals surface area contributed by atoms with Crippen molar-refractivity contribution in [1.29, 1.82) is 0 Å². The molecule has 1 aromatic carbocycles. The van der Waals surface area contributed by atoms with E-state index in [2.05, 4.69) is 27.8 Å². The largest absolute Gasteiger partial charge is 0.484 e. The molecule has 0 unspecified atom stereocenters. The van der Waals surface area contributed by atoms with E-state index in [1.807, 2.05) is 29.2 Å². The highest BCUT2D eigenvalue weighted by atomic mass is 79.9. The summed E-state index contributed by atoms with van der Waals surface area (Å²) in [5.74, 6) is 0.783. The van der Waals surface area contributed by atoms with Gasteiger partial charge in [0.2, 0.25) is 0 Å². The molecule has 2 rings (SSSR count). The zero-order chi connectivity index (χ0) is 13.7. The number of carbonyl (C=O) groups is 1. The third-order valence-electron chi connectivity index (χ3n) is 3.33. The van der Waals surface area contributed by atoms with E-state index in [0.717, 1.165) is 42.9 Å². The van der Waals surface area contributed by atoms with E-state index in [1.165, 1.54) is 0 Å². The zero-order valence-corrected chi connectivity index (χ0v) is 12.7. The molecule has 0 spiro atoms. The van der Waals surface area contributed by atoms with Crippen LogP contribution in [0.4, 0.5) is 0 Å². The Morgan fingerprint density at radius 2 is 2.05 bits per heavy atom. The monoisotopic (exact) mass is 326 g/mol. The predicted octanol–water partition coefficient (Wildman–Crippen LogP) is 1.99. The van der Waals surface area contributed by atoms with Gasteiger partial charge < -0.3 is 14.5 Å². The molecule has 0 atom stereocenters. The Labute approximate surface area is 122 Å². The number of piperazine rings is 1. The Morgan fingerprint density at radius 1 is 1.32 bits per heavy atom. The Hall–Kier alpha value is -1.07. The Morgan fingerprint density at radius 3 is 2.68 bits per heavy atom. The Balaban J connectivity index is 1.79. The lowest BCUT2D eigenvalue weighted by Crippen LogP contribution is -2.49. The fourth-order valence-electron chi connectivity index (χ4n) is 2.11. The van der Waals surface area contributed by atoms with Gasteiger partial charge in [-0.15, -0.1) is 0 Å². The van der Waals surface area contributed by atoms with Crippen LogP contribution in [0.3, 0.4) is 0 Å². The van der Waals surface area contributed by atoms with Crippen LogP contribution in [0.1, 0.15) is 6.92 Å². The maximum Gasteiger partial charge on any atom is 0.260 e. The van der Waals surface area contributed by atoms with E-state index < -0.39 is 0 Å². The predicted molar refractivity (Wildman–Crippen MR) is 78.3 cm³/mol. The second-order valence-corrected chi connectivity index (χ2v) is 5.48. The molecular weight excluding hydrogens is 308 g/mol. The SMILES string of the molecule is CCN1CCN(C(=O)COc2cccc(Br)c2)CC1. The quantitative estimate of drug-likeness (QED) is 0.848. The van der Waals surface area contributed by atoms with E-state index >= 15 is 0 Å². The minimum atomic E-state index is 0.0655. The van der Waals surface area contributed by atoms with Crippen molar-refractivity contribution >= 4 is 21.8 Å². The molecule has 0 aliphatic carbocycles. The third kappa shape index (κ3) is 4.21. The van der Waals surface area contributed by atoms with Crippen molar-refractivity contribution in [3.05, 3.63) is 28.7 Å². The van der Waals surface area contributed by atoms with E-state index in [-0.39, 0.29) is 12.5 Å². The summed E-state index contributed by atoms with van der Waals surface area (Å²) in [7, 11) is 0. The number of amides is 1. The summed E-state index contributed by atoms with van der Waals surface area (Å²) in [5.41, 5.74) is 0. The highest BCUT2D eigenvalue weighted by molar-refractivity contribution is 9.10. The first kappa shape index (κ1) is 14.3. The molecule has 1 aliphatic rings. The molecule has 1 fully saturated rings. The van der Waals surface area contributed by atoms with Gasteiger partial charge in [-0.1, -0.05) is 28.9 Å². The van der Waals surface area contributed by atoms with Gasteiger partial charge in [0.15, 0.2) is 6.61 Å². The average Bonchev–Trinajstić information content (AvgIpc) is 2.45. The molecule has 1 aromatic rings. The lowest BCUT2D eigenvalue weighted by molar-refractivity contribution is -0.135. The van der Waals surface area contributed by atoms with Crippen LogP contribution in [0.2, 0.25) is 0 Å². The van der Waals surface area contributed by atoms with Gasteiger partial charge in [0, 0.05) is 30.7 Å². The van der Waals surface area contributed by atoms with Crippen LogP contribution in [-0.4, -0.2) is 55.0 Å². The topological polar surface area (TPSA) is 32.8 Å². The number of halogens is 1. The van der Waals surface area contributed by atoms with Gasteiger partial charge in [0.1, 0.15) is 5.75 Å². The molecule has 1 heterocycles. The van der Waals surface area contributed by atoms with Crippen molar-refractivity contribution in [2.45, 2.75) is 6.92 Å². The molecule has 19 heavy (non-hydrogen) atoms. The van der Waals surface area contributed by atoms with Gasteiger partial charge in [-0.3, -0.25) is 4.79 Å². The average molecular weight is 327 g/mol. The summed E-state index contributed by atoms with van der Waals surface area (Å²) in [6.45, 7) is 6.83. The van der Waals surface area contributed by atoms with Crippen molar-refractivity contribution < 1.29 is 9.53 Å². The van der Waals surface area contributed by atoms with Crippen LogP contribution in [-0.2, 0) is 4.79 Å². The van der Waals surface area contributed by atoms with E-state index in [0.29, 0.717) is 0 Å². The number of hydrogen-bond donors (Lipinski definition) is 0. The normalized spacial score (nSPS) is 16.4. The number of carbonyl (C=O) groups excluding carboxylic acids is 1. The van der Waals surface area contributed by atoms with Crippen molar-refractivity contribution in [2.24, 2.45) is 0 Å². The second kappa shape index (κ2) is 6.91. The summed E-state index contributed by atoms with van der Waals surface area (Å²) in [5, 5.41) is 0. The number of benzene rings is 1. The van der Waals surface area contributed by atoms with Gasteiger partial charge >= 0.3 is 0 Å². The number of ether oxygens (including phenoxy) is 1. The first-order valence-corrected chi connectivity index (χ1v) is 7.37. The van der Waals surface area contributed by atoms with Gasteiger partial charge in [-0.25, -0.2) is 0 Å². The smallest absolute Gasteiger partial charge is 0.260 e. The molecule has 4 nitrogen and oxygen atoms in total. The highest BCUT2D eigenvalue weighted by Crippen LogP contribution is 2.17. The minimum absolute atomic E-state index is 0.0655.